The summed E-state index contributed by atoms with van der Waals surface area (Å²) >= 11 is 0. The van der Waals surface area contributed by atoms with Gasteiger partial charge in [-0.1, -0.05) is 164 Å². The van der Waals surface area contributed by atoms with Gasteiger partial charge >= 0.3 is 0 Å². The zero-order valence-electron chi connectivity index (χ0n) is 37.8. The maximum atomic E-state index is 3.64. The van der Waals surface area contributed by atoms with Crippen LogP contribution in [-0.4, -0.2) is 0 Å². The van der Waals surface area contributed by atoms with Gasteiger partial charge in [-0.2, -0.15) is 0 Å². The van der Waals surface area contributed by atoms with Gasteiger partial charge in [-0.15, -0.1) is 0 Å². The number of fused-ring (bicyclic) bond motifs is 2. The minimum Gasteiger partial charge on any atom is -0.362 e. The number of allylic oxidation sites excluding steroid dienone is 1. The quantitative estimate of drug-likeness (QED) is 0.156. The summed E-state index contributed by atoms with van der Waals surface area (Å²) in [5, 5.41) is 14.5. The molecule has 0 heterocycles. The number of anilines is 4. The van der Waals surface area contributed by atoms with Gasteiger partial charge in [0.1, 0.15) is 0 Å². The molecule has 0 aromatic heterocycles. The predicted octanol–water partition coefficient (Wildman–Crippen LogP) is 16.9. The highest BCUT2D eigenvalue weighted by Crippen LogP contribution is 2.47. The lowest BCUT2D eigenvalue weighted by atomic mass is 9.85. The van der Waals surface area contributed by atoms with Crippen molar-refractivity contribution >= 4 is 71.4 Å². The molecule has 0 spiro atoms. The number of nitrogens with one attached hydrogen (secondary N) is 1. The van der Waals surface area contributed by atoms with E-state index >= 15 is 0 Å². The van der Waals surface area contributed by atoms with E-state index in [4.69, 9.17) is 0 Å². The van der Waals surface area contributed by atoms with Gasteiger partial charge in [0.15, 0.2) is 0 Å². The van der Waals surface area contributed by atoms with Crippen LogP contribution in [0, 0.1) is 27.7 Å². The van der Waals surface area contributed by atoms with Crippen LogP contribution in [0.4, 0.5) is 22.7 Å². The van der Waals surface area contributed by atoms with Crippen molar-refractivity contribution in [3.63, 3.8) is 0 Å². The number of benzene rings is 11. The van der Waals surface area contributed by atoms with Gasteiger partial charge < -0.3 is 10.2 Å². The number of rotatable bonds is 9. The molecule has 0 aliphatic rings. The monoisotopic (exact) mass is 846 g/mol. The number of hydrogen-bond acceptors (Lipinski definition) is 2. The molecule has 11 rings (SSSR count). The molecule has 1 N–H and O–H groups in total. The third-order valence-corrected chi connectivity index (χ3v) is 12.9. The maximum absolute atomic E-state index is 3.64. The zero-order valence-corrected chi connectivity index (χ0v) is 37.8. The van der Waals surface area contributed by atoms with Gasteiger partial charge in [0.2, 0.25) is 0 Å². The first-order valence-electron chi connectivity index (χ1n) is 22.9. The Morgan fingerprint density at radius 3 is 1.70 bits per heavy atom. The first kappa shape index (κ1) is 40.6. The van der Waals surface area contributed by atoms with Crippen LogP contribution >= 0.6 is 0 Å². The Labute approximate surface area is 387 Å². The summed E-state index contributed by atoms with van der Waals surface area (Å²) in [6, 6.07) is 78.4. The van der Waals surface area contributed by atoms with Crippen molar-refractivity contribution in [2.45, 2.75) is 27.7 Å². The van der Waals surface area contributed by atoms with Crippen LogP contribution < -0.4 is 15.4 Å². The summed E-state index contributed by atoms with van der Waals surface area (Å²) in [5.74, 6) is 0. The molecule has 0 amide bonds. The second kappa shape index (κ2) is 17.1. The number of nitrogens with zero attached hydrogens (tertiary/aromatic N) is 1. The molecule has 316 valence electrons. The average molecular weight is 847 g/mol. The van der Waals surface area contributed by atoms with Gasteiger partial charge in [0, 0.05) is 34.0 Å². The van der Waals surface area contributed by atoms with Gasteiger partial charge in [0.05, 0.1) is 5.69 Å². The minimum atomic E-state index is 1.07. The first-order chi connectivity index (χ1) is 32.3. The molecule has 11 aromatic carbocycles. The van der Waals surface area contributed by atoms with Crippen molar-refractivity contribution in [1.29, 1.82) is 0 Å². The molecule has 11 aromatic rings. The van der Waals surface area contributed by atoms with Crippen molar-refractivity contribution in [3.05, 3.63) is 258 Å². The Hall–Kier alpha value is -8.20. The highest BCUT2D eigenvalue weighted by molar-refractivity contribution is 6.24. The zero-order chi connectivity index (χ0) is 44.7. The fourth-order valence-corrected chi connectivity index (χ4v) is 10.2. The van der Waals surface area contributed by atoms with Crippen LogP contribution in [0.1, 0.15) is 27.8 Å². The number of hydrogen-bond donors (Lipinski definition) is 1. The van der Waals surface area contributed by atoms with Gasteiger partial charge in [0.25, 0.3) is 0 Å². The highest BCUT2D eigenvalue weighted by atomic mass is 15.1. The third-order valence-electron chi connectivity index (χ3n) is 12.9. The predicted molar refractivity (Wildman–Crippen MR) is 284 cm³/mol. The lowest BCUT2D eigenvalue weighted by Crippen LogP contribution is -2.14. The molecule has 0 saturated carbocycles. The molecule has 0 bridgehead atoms. The summed E-state index contributed by atoms with van der Waals surface area (Å²) in [6.07, 6.45) is 4.37. The van der Waals surface area contributed by atoms with Crippen molar-refractivity contribution in [2.24, 2.45) is 0 Å². The van der Waals surface area contributed by atoms with Crippen molar-refractivity contribution in [3.8, 4) is 22.3 Å². The summed E-state index contributed by atoms with van der Waals surface area (Å²) in [7, 11) is 0. The second-order valence-electron chi connectivity index (χ2n) is 17.8. The Morgan fingerprint density at radius 1 is 0.409 bits per heavy atom. The van der Waals surface area contributed by atoms with Crippen LogP contribution in [0.3, 0.4) is 0 Å². The summed E-state index contributed by atoms with van der Waals surface area (Å²) in [5.41, 5.74) is 16.4. The van der Waals surface area contributed by atoms with E-state index in [1.54, 1.807) is 0 Å². The molecule has 0 fully saturated rings. The van der Waals surface area contributed by atoms with E-state index in [0.29, 0.717) is 0 Å². The van der Waals surface area contributed by atoms with E-state index < -0.39 is 0 Å². The van der Waals surface area contributed by atoms with E-state index in [9.17, 15) is 0 Å². The first-order valence-corrected chi connectivity index (χ1v) is 22.9. The Morgan fingerprint density at radius 2 is 1.00 bits per heavy atom. The molecule has 0 unspecified atom stereocenters. The molecule has 66 heavy (non-hydrogen) atoms. The Bertz CT molecular complexity index is 3670. The third kappa shape index (κ3) is 7.67. The molecule has 0 atom stereocenters. The maximum Gasteiger partial charge on any atom is 0.0546 e. The topological polar surface area (TPSA) is 15.3 Å². The van der Waals surface area contributed by atoms with Crippen LogP contribution in [0.5, 0.6) is 0 Å². The normalized spacial score (nSPS) is 12.1. The standard InChI is InChI=1S/C64H50N2/c1-42-33-43(2)36-53(35-42)65-32-31-56(48-17-7-5-8-18-48)58-29-30-60-62(66(55-37-44(3)34-45(4)38-55)54-26-25-47-16-12-14-22-51(47)40-54)41-61(49-19-9-6-10-20-49)59-28-27-57(63(58)64(59)60)52-24-23-46-15-11-13-21-50(46)39-52/h5-41,65H,1-4H3/b32-31+,58-56+. The molecule has 0 saturated heterocycles. The van der Waals surface area contributed by atoms with E-state index in [-0.39, 0.29) is 0 Å². The Balaban J connectivity index is 1.30. The van der Waals surface area contributed by atoms with Crippen LogP contribution in [0.15, 0.2) is 225 Å². The minimum absolute atomic E-state index is 1.07. The SMILES string of the molecule is Cc1cc(C)cc(N/C=C/C(c2ccccc2)=c2/ccc3c(N(c4cc(C)cc(C)c4)c4ccc5ccccc5c4)cc(-c4ccccc4)c4ccc(-c5ccc6ccccc6c5)c2c43)c1. The second-order valence-corrected chi connectivity index (χ2v) is 17.8. The summed E-state index contributed by atoms with van der Waals surface area (Å²) < 4.78 is 0. The van der Waals surface area contributed by atoms with Crippen LogP contribution in [0.2, 0.25) is 0 Å². The van der Waals surface area contributed by atoms with E-state index in [0.717, 1.165) is 33.9 Å². The van der Waals surface area contributed by atoms with E-state index in [1.165, 1.54) is 92.8 Å². The Kier molecular flexibility index (Phi) is 10.5. The molecular formula is C64H50N2. The molecular weight excluding hydrogens is 797 g/mol. The van der Waals surface area contributed by atoms with E-state index in [1.807, 2.05) is 0 Å². The van der Waals surface area contributed by atoms with Crippen molar-refractivity contribution in [2.75, 3.05) is 10.2 Å². The van der Waals surface area contributed by atoms with Gasteiger partial charge in [-0.3, -0.25) is 0 Å². The lowest BCUT2D eigenvalue weighted by Gasteiger charge is -2.30. The highest BCUT2D eigenvalue weighted by Gasteiger charge is 2.23. The van der Waals surface area contributed by atoms with Crippen molar-refractivity contribution < 1.29 is 0 Å². The fourth-order valence-electron chi connectivity index (χ4n) is 10.2. The molecule has 0 aliphatic heterocycles. The molecule has 2 nitrogen and oxygen atoms in total. The summed E-state index contributed by atoms with van der Waals surface area (Å²) in [4.78, 5) is 2.49. The summed E-state index contributed by atoms with van der Waals surface area (Å²) in [6.45, 7) is 8.70. The lowest BCUT2D eigenvalue weighted by molar-refractivity contribution is 1.27. The largest absolute Gasteiger partial charge is 0.362 e. The van der Waals surface area contributed by atoms with Crippen molar-refractivity contribution in [1.82, 2.24) is 0 Å². The van der Waals surface area contributed by atoms with Crippen LogP contribution in [0.25, 0.3) is 70.9 Å². The molecule has 0 aliphatic carbocycles. The number of aryl methyl sites for hydroxylation is 4. The fraction of sp³-hybridized carbons (Fsp3) is 0.0625. The smallest absolute Gasteiger partial charge is 0.0546 e. The average Bonchev–Trinajstić information content (AvgIpc) is 3.33. The van der Waals surface area contributed by atoms with E-state index in [2.05, 4.69) is 263 Å². The van der Waals surface area contributed by atoms with Crippen LogP contribution in [-0.2, 0) is 0 Å². The molecule has 0 radical (unpaired) electrons. The van der Waals surface area contributed by atoms with Gasteiger partial charge in [-0.25, -0.2) is 0 Å². The molecule has 2 heteroatoms. The van der Waals surface area contributed by atoms with Gasteiger partial charge in [-0.05, 0) is 175 Å².